The van der Waals surface area contributed by atoms with E-state index in [0.717, 1.165) is 44.5 Å². The first-order valence-corrected chi connectivity index (χ1v) is 7.12. The first-order chi connectivity index (χ1) is 9.63. The summed E-state index contributed by atoms with van der Waals surface area (Å²) < 4.78 is 0. The lowest BCUT2D eigenvalue weighted by Gasteiger charge is -2.24. The third-order valence-corrected chi connectivity index (χ3v) is 3.26. The molecule has 1 aromatic rings. The number of aldehydes is 1. The van der Waals surface area contributed by atoms with Gasteiger partial charge in [0.15, 0.2) is 6.29 Å². The Bertz CT molecular complexity index is 452. The number of unbranched alkanes of at least 4 members (excludes halogenated alkanes) is 2. The number of nitro benzene ring substituents is 1. The SMILES string of the molecule is CCCCN(CCCC)c1ccc([N+](=O)[O-])c(C=O)c1. The Balaban J connectivity index is 3.00. The number of nitrogens with zero attached hydrogens (tertiary/aromatic N) is 2. The lowest BCUT2D eigenvalue weighted by atomic mass is 10.1. The maximum Gasteiger partial charge on any atom is 0.280 e. The number of hydrogen-bond donors (Lipinski definition) is 0. The van der Waals surface area contributed by atoms with Crippen LogP contribution in [0, 0.1) is 10.1 Å². The van der Waals surface area contributed by atoms with Crippen molar-refractivity contribution in [1.29, 1.82) is 0 Å². The molecule has 1 rings (SSSR count). The molecule has 0 saturated heterocycles. The number of rotatable bonds is 9. The lowest BCUT2D eigenvalue weighted by Crippen LogP contribution is -2.25. The van der Waals surface area contributed by atoms with Crippen LogP contribution in [0.5, 0.6) is 0 Å². The number of anilines is 1. The molecule has 0 bridgehead atoms. The number of carbonyl (C=O) groups is 1. The zero-order valence-corrected chi connectivity index (χ0v) is 12.2. The molecule has 1 aromatic carbocycles. The molecule has 0 aliphatic carbocycles. The van der Waals surface area contributed by atoms with Crippen LogP contribution in [0.1, 0.15) is 49.9 Å². The van der Waals surface area contributed by atoms with Gasteiger partial charge in [0, 0.05) is 24.8 Å². The van der Waals surface area contributed by atoms with Crippen molar-refractivity contribution >= 4 is 17.7 Å². The van der Waals surface area contributed by atoms with Crippen molar-refractivity contribution in [2.24, 2.45) is 0 Å². The van der Waals surface area contributed by atoms with Crippen LogP contribution in [0.3, 0.4) is 0 Å². The van der Waals surface area contributed by atoms with Crippen molar-refractivity contribution in [3.8, 4) is 0 Å². The summed E-state index contributed by atoms with van der Waals surface area (Å²) in [7, 11) is 0. The van der Waals surface area contributed by atoms with Gasteiger partial charge in [-0.25, -0.2) is 0 Å². The smallest absolute Gasteiger partial charge is 0.280 e. The van der Waals surface area contributed by atoms with Gasteiger partial charge in [0.25, 0.3) is 5.69 Å². The Labute approximate surface area is 119 Å². The molecule has 0 saturated carbocycles. The molecule has 0 fully saturated rings. The summed E-state index contributed by atoms with van der Waals surface area (Å²) >= 11 is 0. The molecule has 0 aliphatic heterocycles. The topological polar surface area (TPSA) is 63.4 Å². The second-order valence-corrected chi connectivity index (χ2v) is 4.81. The van der Waals surface area contributed by atoms with E-state index in [1.54, 1.807) is 12.1 Å². The van der Waals surface area contributed by atoms with Gasteiger partial charge in [-0.2, -0.15) is 0 Å². The minimum absolute atomic E-state index is 0.130. The minimum atomic E-state index is -0.518. The van der Waals surface area contributed by atoms with E-state index in [4.69, 9.17) is 0 Å². The Hall–Kier alpha value is -1.91. The maximum atomic E-state index is 11.0. The van der Waals surface area contributed by atoms with Crippen LogP contribution in [-0.2, 0) is 0 Å². The number of hydrogen-bond acceptors (Lipinski definition) is 4. The van der Waals surface area contributed by atoms with Crippen molar-refractivity contribution in [3.05, 3.63) is 33.9 Å². The number of nitro groups is 1. The molecule has 0 N–H and O–H groups in total. The van der Waals surface area contributed by atoms with E-state index in [2.05, 4.69) is 18.7 Å². The van der Waals surface area contributed by atoms with Crippen LogP contribution in [0.4, 0.5) is 11.4 Å². The summed E-state index contributed by atoms with van der Waals surface area (Å²) in [5.41, 5.74) is 0.903. The summed E-state index contributed by atoms with van der Waals surface area (Å²) in [4.78, 5) is 23.5. The Morgan fingerprint density at radius 3 is 2.25 bits per heavy atom. The fourth-order valence-electron chi connectivity index (χ4n) is 2.07. The number of benzene rings is 1. The molecule has 0 atom stereocenters. The van der Waals surface area contributed by atoms with E-state index in [9.17, 15) is 14.9 Å². The molecule has 0 aromatic heterocycles. The normalized spacial score (nSPS) is 10.3. The molecular weight excluding hydrogens is 256 g/mol. The zero-order valence-electron chi connectivity index (χ0n) is 12.2. The molecule has 0 heterocycles. The second-order valence-electron chi connectivity index (χ2n) is 4.81. The van der Waals surface area contributed by atoms with Gasteiger partial charge in [-0.1, -0.05) is 26.7 Å². The van der Waals surface area contributed by atoms with Gasteiger partial charge in [-0.15, -0.1) is 0 Å². The second kappa shape index (κ2) is 8.30. The largest absolute Gasteiger partial charge is 0.372 e. The van der Waals surface area contributed by atoms with Gasteiger partial charge in [0.05, 0.1) is 10.5 Å². The lowest BCUT2D eigenvalue weighted by molar-refractivity contribution is -0.385. The van der Waals surface area contributed by atoms with Gasteiger partial charge in [-0.3, -0.25) is 14.9 Å². The van der Waals surface area contributed by atoms with Crippen molar-refractivity contribution in [2.45, 2.75) is 39.5 Å². The first-order valence-electron chi connectivity index (χ1n) is 7.12. The highest BCUT2D eigenvalue weighted by atomic mass is 16.6. The average molecular weight is 278 g/mol. The summed E-state index contributed by atoms with van der Waals surface area (Å²) in [5.74, 6) is 0. The molecule has 0 unspecified atom stereocenters. The fraction of sp³-hybridized carbons (Fsp3) is 0.533. The standard InChI is InChI=1S/C15H22N2O3/c1-3-5-9-16(10-6-4-2)14-7-8-15(17(19)20)13(11-14)12-18/h7-8,11-12H,3-6,9-10H2,1-2H3. The maximum absolute atomic E-state index is 11.0. The van der Waals surface area contributed by atoms with E-state index >= 15 is 0 Å². The van der Waals surface area contributed by atoms with E-state index in [1.807, 2.05) is 0 Å². The molecule has 5 heteroatoms. The average Bonchev–Trinajstić information content (AvgIpc) is 2.46. The highest BCUT2D eigenvalue weighted by Crippen LogP contribution is 2.24. The fourth-order valence-corrected chi connectivity index (χ4v) is 2.07. The van der Waals surface area contributed by atoms with Gasteiger partial charge in [0.1, 0.15) is 0 Å². The molecule has 20 heavy (non-hydrogen) atoms. The minimum Gasteiger partial charge on any atom is -0.372 e. The van der Waals surface area contributed by atoms with Crippen LogP contribution < -0.4 is 4.90 Å². The van der Waals surface area contributed by atoms with Crippen LogP contribution in [0.15, 0.2) is 18.2 Å². The van der Waals surface area contributed by atoms with Crippen LogP contribution in [0.25, 0.3) is 0 Å². The van der Waals surface area contributed by atoms with E-state index in [0.29, 0.717) is 6.29 Å². The van der Waals surface area contributed by atoms with E-state index < -0.39 is 4.92 Å². The molecule has 0 radical (unpaired) electrons. The van der Waals surface area contributed by atoms with Gasteiger partial charge in [-0.05, 0) is 25.0 Å². The Morgan fingerprint density at radius 1 is 1.20 bits per heavy atom. The molecule has 5 nitrogen and oxygen atoms in total. The van der Waals surface area contributed by atoms with Crippen molar-refractivity contribution in [1.82, 2.24) is 0 Å². The van der Waals surface area contributed by atoms with Crippen molar-refractivity contribution in [3.63, 3.8) is 0 Å². The van der Waals surface area contributed by atoms with Crippen molar-refractivity contribution in [2.75, 3.05) is 18.0 Å². The molecule has 0 aliphatic rings. The third kappa shape index (κ3) is 4.33. The summed E-state index contributed by atoms with van der Waals surface area (Å²) in [6.45, 7) is 6.08. The summed E-state index contributed by atoms with van der Waals surface area (Å²) in [5, 5.41) is 10.8. The first kappa shape index (κ1) is 16.1. The van der Waals surface area contributed by atoms with Crippen LogP contribution >= 0.6 is 0 Å². The van der Waals surface area contributed by atoms with E-state index in [1.165, 1.54) is 6.07 Å². The predicted molar refractivity (Wildman–Crippen MR) is 80.5 cm³/mol. The zero-order chi connectivity index (χ0) is 15.0. The van der Waals surface area contributed by atoms with Crippen LogP contribution in [0.2, 0.25) is 0 Å². The molecule has 110 valence electrons. The number of carbonyl (C=O) groups excluding carboxylic acids is 1. The van der Waals surface area contributed by atoms with Gasteiger partial charge >= 0.3 is 0 Å². The molecule has 0 amide bonds. The Kier molecular flexibility index (Phi) is 6.70. The van der Waals surface area contributed by atoms with E-state index in [-0.39, 0.29) is 11.3 Å². The van der Waals surface area contributed by atoms with Crippen LogP contribution in [-0.4, -0.2) is 24.3 Å². The van der Waals surface area contributed by atoms with Gasteiger partial charge < -0.3 is 4.90 Å². The van der Waals surface area contributed by atoms with Gasteiger partial charge in [0.2, 0.25) is 0 Å². The highest BCUT2D eigenvalue weighted by molar-refractivity contribution is 5.83. The molecular formula is C15H22N2O3. The van der Waals surface area contributed by atoms with Crippen molar-refractivity contribution < 1.29 is 9.72 Å². The summed E-state index contributed by atoms with van der Waals surface area (Å²) in [6, 6.07) is 4.77. The third-order valence-electron chi connectivity index (χ3n) is 3.26. The molecule has 0 spiro atoms. The highest BCUT2D eigenvalue weighted by Gasteiger charge is 2.15. The summed E-state index contributed by atoms with van der Waals surface area (Å²) in [6.07, 6.45) is 4.87. The monoisotopic (exact) mass is 278 g/mol. The predicted octanol–water partition coefficient (Wildman–Crippen LogP) is 3.81. The Morgan fingerprint density at radius 2 is 1.80 bits per heavy atom. The quantitative estimate of drug-likeness (QED) is 0.391.